The summed E-state index contributed by atoms with van der Waals surface area (Å²) in [7, 11) is 0. The highest BCUT2D eigenvalue weighted by Crippen LogP contribution is 2.59. The summed E-state index contributed by atoms with van der Waals surface area (Å²) < 4.78 is 32.2. The summed E-state index contributed by atoms with van der Waals surface area (Å²) in [6, 6.07) is 89.0. The zero-order chi connectivity index (χ0) is 78.4. The second kappa shape index (κ2) is 46.9. The number of aliphatic hydroxyl groups is 1. The molecule has 3 heterocycles. The number of imide groups is 3. The number of ether oxygens (including phenoxy) is 6. The van der Waals surface area contributed by atoms with Crippen LogP contribution in [0.4, 0.5) is 14.4 Å². The fourth-order valence-corrected chi connectivity index (χ4v) is 12.2. The molecule has 17 nitrogen and oxygen atoms in total. The van der Waals surface area contributed by atoms with Crippen molar-refractivity contribution in [2.75, 3.05) is 19.8 Å². The number of benzene rings is 10. The Hall–Kier alpha value is -9.47. The quantitative estimate of drug-likeness (QED) is 0.0328. The summed E-state index contributed by atoms with van der Waals surface area (Å²) in [6.07, 6.45) is 1.57. The van der Waals surface area contributed by atoms with Gasteiger partial charge >= 0.3 is 18.3 Å². The number of aliphatic hydroxyl groups excluding tert-OH is 1. The summed E-state index contributed by atoms with van der Waals surface area (Å²) in [5, 5.41) is 19.1. The Morgan fingerprint density at radius 3 is 0.964 bits per heavy atom. The summed E-state index contributed by atoms with van der Waals surface area (Å²) >= 11 is 12.9. The topological polar surface area (TPSA) is 208 Å². The third kappa shape index (κ3) is 29.4. The monoisotopic (exact) mass is 1760 g/mol. The first-order valence-electron chi connectivity index (χ1n) is 36.0. The number of cyclic esters (lactones) is 3. The fraction of sp³-hybridized carbons (Fsp3) is 0.250. The van der Waals surface area contributed by atoms with Gasteiger partial charge in [0.05, 0.1) is 24.7 Å². The van der Waals surface area contributed by atoms with Crippen molar-refractivity contribution in [1.29, 1.82) is 0 Å². The van der Waals surface area contributed by atoms with Gasteiger partial charge in [0.25, 0.3) is 0 Å². The predicted molar refractivity (Wildman–Crippen MR) is 447 cm³/mol. The number of nitrogens with zero attached hydrogens (tertiary/aromatic N) is 3. The van der Waals surface area contributed by atoms with Crippen LogP contribution in [-0.4, -0.2) is 98.9 Å². The third-order valence-corrected chi connectivity index (χ3v) is 18.2. The van der Waals surface area contributed by atoms with Gasteiger partial charge in [0.2, 0.25) is 17.7 Å². The van der Waals surface area contributed by atoms with Crippen molar-refractivity contribution in [2.45, 2.75) is 109 Å². The molecule has 0 aliphatic carbocycles. The van der Waals surface area contributed by atoms with E-state index in [1.807, 2.05) is 237 Å². The number of carbonyl (C=O) groups is 6. The minimum Gasteiger partial charge on any atom is -0.508 e. The molecule has 0 spiro atoms. The largest absolute Gasteiger partial charge is 0.508 e. The molecule has 0 unspecified atom stereocenters. The van der Waals surface area contributed by atoms with E-state index in [1.54, 1.807) is 38.1 Å². The van der Waals surface area contributed by atoms with Crippen molar-refractivity contribution in [3.63, 3.8) is 0 Å². The Kier molecular flexibility index (Phi) is 36.7. The van der Waals surface area contributed by atoms with E-state index in [9.17, 15) is 33.9 Å². The molecule has 22 heteroatoms. The Morgan fingerprint density at radius 1 is 0.409 bits per heavy atom. The average molecular weight is 1770 g/mol. The van der Waals surface area contributed by atoms with E-state index in [0.717, 1.165) is 67.1 Å². The maximum absolute atomic E-state index is 13.1. The van der Waals surface area contributed by atoms with Gasteiger partial charge in [0, 0.05) is 25.0 Å². The van der Waals surface area contributed by atoms with Gasteiger partial charge in [-0.3, -0.25) is 14.4 Å². The molecule has 3 aliphatic heterocycles. The second-order valence-electron chi connectivity index (χ2n) is 25.9. The van der Waals surface area contributed by atoms with E-state index in [1.165, 1.54) is 25.8 Å². The number of hydrogen-bond acceptors (Lipinski definition) is 14. The Morgan fingerprint density at radius 2 is 0.673 bits per heavy atom. The number of aromatic hydroxyl groups is 1. The normalized spacial score (nSPS) is 15.1. The van der Waals surface area contributed by atoms with Crippen LogP contribution in [0.3, 0.4) is 0 Å². The van der Waals surface area contributed by atoms with Crippen LogP contribution in [0.15, 0.2) is 279 Å². The lowest BCUT2D eigenvalue weighted by Gasteiger charge is -2.23. The molecule has 10 aromatic rings. The lowest BCUT2D eigenvalue weighted by atomic mass is 9.98. The Balaban J connectivity index is 0.000000195. The van der Waals surface area contributed by atoms with Gasteiger partial charge < -0.3 is 38.6 Å². The zero-order valence-corrected chi connectivity index (χ0v) is 68.7. The van der Waals surface area contributed by atoms with Crippen LogP contribution < -0.4 is 14.2 Å². The Labute approximate surface area is 679 Å². The van der Waals surface area contributed by atoms with E-state index in [4.69, 9.17) is 33.5 Å². The molecule has 110 heavy (non-hydrogen) atoms. The van der Waals surface area contributed by atoms with E-state index < -0.39 is 18.3 Å². The SMILES string of the molecule is BrCc1ccc(OCc2ccccc2)cc1.BrP(Br)Br.CCC(=O)N1C(=O)OC[C@@H]1Cc1ccccc1.C[C@@H](Cc1ccc(O)cc1)C(=O)N1C(=O)OC[C@@H]1Cc1ccccc1.C[C@@H](Cc1ccc(OCc2ccccc2)cc1)C(=O)N1C(=O)OC[C@@H]1Cc1ccccc1.OCc1ccc(OCc2ccccc2)cc1.[HH]. The van der Waals surface area contributed by atoms with Crippen LogP contribution in [0.1, 0.15) is 84.3 Å². The standard InChI is InChI=1S/C27H27NO4.C20H21NO4.C14H13BrO.C14H14O2.C13H15NO3.Br3P.H2/c1-20(16-22-12-14-25(15-13-22)31-18-23-10-6-3-7-11-23)26(29)28-24(19-32-27(28)30)17-21-8-4-2-5-9-21;1-14(11-16-7-9-18(22)10-8-16)19(23)21-17(13-25-20(21)24)12-15-5-3-2-4-6-15;2*15-10-12-6-8-14(9-7-12)16-11-13-4-2-1-3-5-13;1-2-12(15)14-11(9-17-13(14)16)8-10-6-4-3-5-7-10;1-4(2)3;/h2-15,20,24H,16-19H2,1H3;2-10,14,17,22H,11-13H2,1H3;1-9H,10-11H2;1-9,15H,10-11H2;3-7,11H,2,8-9H2,1H3;;1H/t20-,24-;14-,17-;;;11-;;/m00..0../s1. The van der Waals surface area contributed by atoms with Gasteiger partial charge in [0.15, 0.2) is 0 Å². The number of carbonyl (C=O) groups excluding carboxylic acids is 6. The highest BCUT2D eigenvalue weighted by atomic mass is 80.0. The average Bonchev–Trinajstić information content (AvgIpc) is 1.70. The highest BCUT2D eigenvalue weighted by Gasteiger charge is 2.41. The molecule has 3 saturated heterocycles. The molecule has 576 valence electrons. The van der Waals surface area contributed by atoms with Crippen LogP contribution in [-0.2, 0) is 92.5 Å². The van der Waals surface area contributed by atoms with Crippen molar-refractivity contribution in [1.82, 2.24) is 14.7 Å². The van der Waals surface area contributed by atoms with Crippen molar-refractivity contribution < 1.29 is 68.8 Å². The molecular weight excluding hydrogens is 1670 g/mol. The first-order valence-corrected chi connectivity index (χ1v) is 44.5. The minimum atomic E-state index is -0.566. The maximum Gasteiger partial charge on any atom is 0.416 e. The van der Waals surface area contributed by atoms with Crippen LogP contribution in [0.2, 0.25) is 0 Å². The molecule has 0 radical (unpaired) electrons. The molecule has 2 N–H and O–H groups in total. The maximum atomic E-state index is 13.1. The van der Waals surface area contributed by atoms with Gasteiger partial charge in [-0.1, -0.05) is 267 Å². The molecular formula is C88H92Br4N3O14P. The van der Waals surface area contributed by atoms with Gasteiger partial charge in [0.1, 0.15) is 66.7 Å². The number of rotatable bonds is 24. The molecule has 3 aliphatic rings. The van der Waals surface area contributed by atoms with Crippen LogP contribution in [0.25, 0.3) is 0 Å². The highest BCUT2D eigenvalue weighted by molar-refractivity contribution is 9.93. The number of alkyl halides is 1. The van der Waals surface area contributed by atoms with E-state index >= 15 is 0 Å². The molecule has 3 fully saturated rings. The van der Waals surface area contributed by atoms with Crippen molar-refractivity contribution >= 4 is 102 Å². The van der Waals surface area contributed by atoms with Crippen LogP contribution in [0, 0.1) is 11.8 Å². The number of halogens is 4. The summed E-state index contributed by atoms with van der Waals surface area (Å²) in [5.41, 5.74) is 10.8. The van der Waals surface area contributed by atoms with E-state index in [0.29, 0.717) is 65.0 Å². The number of hydrogen-bond donors (Lipinski definition) is 2. The van der Waals surface area contributed by atoms with Gasteiger partial charge in [-0.05, 0) is 183 Å². The summed E-state index contributed by atoms with van der Waals surface area (Å²) in [5.74, 6) is 1.41. The molecule has 13 rings (SSSR count). The minimum absolute atomic E-state index is 0. The first-order chi connectivity index (χ1) is 53.4. The summed E-state index contributed by atoms with van der Waals surface area (Å²) in [4.78, 5) is 77.1. The lowest BCUT2D eigenvalue weighted by molar-refractivity contribution is -0.133. The molecule has 5 atom stereocenters. The van der Waals surface area contributed by atoms with Crippen LogP contribution >= 0.6 is 66.4 Å². The molecule has 10 aromatic carbocycles. The second-order valence-corrected chi connectivity index (χ2v) is 41.8. The summed E-state index contributed by atoms with van der Waals surface area (Å²) in [6.45, 7) is 7.92. The number of phenols is 1. The molecule has 0 saturated carbocycles. The van der Waals surface area contributed by atoms with Crippen molar-refractivity contribution in [3.8, 4) is 23.0 Å². The van der Waals surface area contributed by atoms with Gasteiger partial charge in [-0.2, -0.15) is 0 Å². The zero-order valence-electron chi connectivity index (χ0n) is 61.4. The van der Waals surface area contributed by atoms with Crippen LogP contribution in [0.5, 0.6) is 23.0 Å². The molecule has 0 aromatic heterocycles. The first kappa shape index (κ1) is 86.1. The van der Waals surface area contributed by atoms with E-state index in [2.05, 4.69) is 86.7 Å². The number of amides is 6. The number of phenolic OH excluding ortho intramolecular Hbond substituents is 1. The van der Waals surface area contributed by atoms with Gasteiger partial charge in [-0.15, -0.1) is 0 Å². The molecule has 0 bridgehead atoms. The van der Waals surface area contributed by atoms with E-state index in [-0.39, 0.29) is 78.7 Å². The van der Waals surface area contributed by atoms with Crippen molar-refractivity contribution in [3.05, 3.63) is 335 Å². The fourth-order valence-electron chi connectivity index (χ4n) is 11.8. The lowest BCUT2D eigenvalue weighted by Crippen LogP contribution is -2.43. The third-order valence-electron chi connectivity index (χ3n) is 17.6. The van der Waals surface area contributed by atoms with Crippen molar-refractivity contribution in [2.24, 2.45) is 11.8 Å². The predicted octanol–water partition coefficient (Wildman–Crippen LogP) is 20.7. The Bertz CT molecular complexity index is 4300. The smallest absolute Gasteiger partial charge is 0.416 e. The molecule has 6 amide bonds. The van der Waals surface area contributed by atoms with Gasteiger partial charge in [-0.25, -0.2) is 29.1 Å².